The third-order valence-corrected chi connectivity index (χ3v) is 3.62. The highest BCUT2D eigenvalue weighted by atomic mass is 16.4. The summed E-state index contributed by atoms with van der Waals surface area (Å²) < 4.78 is 1.63. The fourth-order valence-corrected chi connectivity index (χ4v) is 2.75. The van der Waals surface area contributed by atoms with Crippen LogP contribution < -0.4 is 0 Å². The molecule has 1 aromatic rings. The van der Waals surface area contributed by atoms with Crippen LogP contribution in [0.2, 0.25) is 0 Å². The monoisotopic (exact) mass is 267 g/mol. The van der Waals surface area contributed by atoms with Crippen LogP contribution >= 0.6 is 0 Å². The predicted molar refractivity (Wildman–Crippen MR) is 69.2 cm³/mol. The number of nitrogens with zero attached hydrogens (tertiary/aromatic N) is 3. The van der Waals surface area contributed by atoms with Gasteiger partial charge >= 0.3 is 5.97 Å². The molecule has 0 radical (unpaired) electrons. The average Bonchev–Trinajstić information content (AvgIpc) is 2.73. The molecule has 0 aromatic carbocycles. The number of aromatic nitrogens is 3. The Balaban J connectivity index is 2.48. The molecule has 2 N–H and O–H groups in total. The molecule has 1 aliphatic rings. The summed E-state index contributed by atoms with van der Waals surface area (Å²) in [5.41, 5.74) is 0.199. The molecule has 1 aromatic heterocycles. The first-order chi connectivity index (χ1) is 8.82. The summed E-state index contributed by atoms with van der Waals surface area (Å²) in [5.74, 6) is -1.07. The molecule has 106 valence electrons. The Morgan fingerprint density at radius 2 is 1.95 bits per heavy atom. The van der Waals surface area contributed by atoms with E-state index in [2.05, 4.69) is 10.3 Å². The van der Waals surface area contributed by atoms with Gasteiger partial charge in [-0.2, -0.15) is 0 Å². The van der Waals surface area contributed by atoms with Crippen molar-refractivity contribution in [2.45, 2.75) is 64.0 Å². The standard InChI is InChI=1S/C13H21N3O3/c1-13(2,3)11-10(12(18)19)14-15-16(11)8-6-4-5-7-9(8)17/h8-9,17H,4-7H2,1-3H3,(H,18,19). The molecule has 2 rings (SSSR count). The minimum atomic E-state index is -1.07. The zero-order valence-corrected chi connectivity index (χ0v) is 11.6. The number of hydrogen-bond donors (Lipinski definition) is 2. The summed E-state index contributed by atoms with van der Waals surface area (Å²) in [4.78, 5) is 11.3. The van der Waals surface area contributed by atoms with Crippen LogP contribution in [0, 0.1) is 0 Å². The molecule has 2 unspecified atom stereocenters. The zero-order chi connectivity index (χ0) is 14.2. The van der Waals surface area contributed by atoms with Crippen molar-refractivity contribution in [2.24, 2.45) is 0 Å². The Kier molecular flexibility index (Phi) is 3.62. The lowest BCUT2D eigenvalue weighted by Gasteiger charge is -2.31. The first-order valence-corrected chi connectivity index (χ1v) is 6.69. The van der Waals surface area contributed by atoms with Gasteiger partial charge in [0.05, 0.1) is 17.8 Å². The first kappa shape index (κ1) is 14.0. The van der Waals surface area contributed by atoms with Gasteiger partial charge in [-0.05, 0) is 12.8 Å². The molecule has 0 bridgehead atoms. The summed E-state index contributed by atoms with van der Waals surface area (Å²) in [6.07, 6.45) is 3.10. The van der Waals surface area contributed by atoms with Crippen LogP contribution in [0.5, 0.6) is 0 Å². The second kappa shape index (κ2) is 4.92. The van der Waals surface area contributed by atoms with Crippen molar-refractivity contribution < 1.29 is 15.0 Å². The number of aromatic carboxylic acids is 1. The minimum absolute atomic E-state index is 0.00901. The van der Waals surface area contributed by atoms with E-state index in [1.54, 1.807) is 4.68 Å². The van der Waals surface area contributed by atoms with Gasteiger partial charge in [-0.15, -0.1) is 5.10 Å². The Morgan fingerprint density at radius 1 is 1.32 bits per heavy atom. The van der Waals surface area contributed by atoms with Crippen LogP contribution in [-0.4, -0.2) is 37.3 Å². The summed E-state index contributed by atoms with van der Waals surface area (Å²) in [6.45, 7) is 5.80. The minimum Gasteiger partial charge on any atom is -0.476 e. The first-order valence-electron chi connectivity index (χ1n) is 6.69. The Labute approximate surface area is 112 Å². The van der Waals surface area contributed by atoms with E-state index in [0.717, 1.165) is 25.7 Å². The van der Waals surface area contributed by atoms with Crippen molar-refractivity contribution in [3.8, 4) is 0 Å². The lowest BCUT2D eigenvalue weighted by molar-refractivity contribution is 0.0643. The highest BCUT2D eigenvalue weighted by molar-refractivity contribution is 5.86. The van der Waals surface area contributed by atoms with Crippen molar-refractivity contribution in [3.05, 3.63) is 11.4 Å². The molecule has 1 fully saturated rings. The molecule has 19 heavy (non-hydrogen) atoms. The van der Waals surface area contributed by atoms with Gasteiger partial charge in [0.2, 0.25) is 0 Å². The number of aliphatic hydroxyl groups excluding tert-OH is 1. The SMILES string of the molecule is CC(C)(C)c1c(C(=O)O)nnn1C1CCCCC1O. The summed E-state index contributed by atoms with van der Waals surface area (Å²) in [5, 5.41) is 27.2. The van der Waals surface area contributed by atoms with Gasteiger partial charge in [-0.3, -0.25) is 0 Å². The summed E-state index contributed by atoms with van der Waals surface area (Å²) in [6, 6.07) is -0.163. The maximum Gasteiger partial charge on any atom is 0.358 e. The number of hydrogen-bond acceptors (Lipinski definition) is 4. The third kappa shape index (κ3) is 2.63. The maximum atomic E-state index is 11.3. The van der Waals surface area contributed by atoms with Gasteiger partial charge in [0.15, 0.2) is 5.69 Å². The van der Waals surface area contributed by atoms with Crippen LogP contribution in [0.25, 0.3) is 0 Å². The number of carbonyl (C=O) groups is 1. The van der Waals surface area contributed by atoms with E-state index < -0.39 is 12.1 Å². The molecule has 1 heterocycles. The summed E-state index contributed by atoms with van der Waals surface area (Å²) >= 11 is 0. The predicted octanol–water partition coefficient (Wildman–Crippen LogP) is 1.75. The van der Waals surface area contributed by atoms with Crippen LogP contribution in [0.3, 0.4) is 0 Å². The zero-order valence-electron chi connectivity index (χ0n) is 11.6. The highest BCUT2D eigenvalue weighted by Gasteiger charge is 2.34. The molecular weight excluding hydrogens is 246 g/mol. The quantitative estimate of drug-likeness (QED) is 0.852. The van der Waals surface area contributed by atoms with Gasteiger partial charge in [-0.25, -0.2) is 9.48 Å². The maximum absolute atomic E-state index is 11.3. The van der Waals surface area contributed by atoms with Crippen LogP contribution in [-0.2, 0) is 5.41 Å². The van der Waals surface area contributed by atoms with Crippen molar-refractivity contribution in [1.82, 2.24) is 15.0 Å². The number of aliphatic hydroxyl groups is 1. The topological polar surface area (TPSA) is 88.2 Å². The number of carboxylic acids is 1. The Hall–Kier alpha value is -1.43. The largest absolute Gasteiger partial charge is 0.476 e. The summed E-state index contributed by atoms with van der Waals surface area (Å²) in [7, 11) is 0. The van der Waals surface area contributed by atoms with Crippen molar-refractivity contribution >= 4 is 5.97 Å². The normalized spacial score (nSPS) is 24.4. The van der Waals surface area contributed by atoms with Crippen molar-refractivity contribution in [3.63, 3.8) is 0 Å². The molecule has 1 saturated carbocycles. The number of rotatable bonds is 2. The smallest absolute Gasteiger partial charge is 0.358 e. The van der Waals surface area contributed by atoms with Crippen molar-refractivity contribution in [2.75, 3.05) is 0 Å². The second-order valence-corrected chi connectivity index (χ2v) is 6.21. The lowest BCUT2D eigenvalue weighted by atomic mass is 9.87. The van der Waals surface area contributed by atoms with E-state index in [1.807, 2.05) is 20.8 Å². The highest BCUT2D eigenvalue weighted by Crippen LogP contribution is 2.33. The van der Waals surface area contributed by atoms with Crippen LogP contribution in [0.4, 0.5) is 0 Å². The second-order valence-electron chi connectivity index (χ2n) is 6.21. The van der Waals surface area contributed by atoms with Crippen molar-refractivity contribution in [1.29, 1.82) is 0 Å². The molecule has 0 saturated heterocycles. The fraction of sp³-hybridized carbons (Fsp3) is 0.769. The fourth-order valence-electron chi connectivity index (χ4n) is 2.75. The molecule has 0 spiro atoms. The van der Waals surface area contributed by atoms with E-state index >= 15 is 0 Å². The number of carboxylic acid groups (broad SMARTS) is 1. The average molecular weight is 267 g/mol. The van der Waals surface area contributed by atoms with Crippen LogP contribution in [0.15, 0.2) is 0 Å². The molecule has 0 amide bonds. The molecule has 0 aliphatic heterocycles. The molecule has 2 atom stereocenters. The van der Waals surface area contributed by atoms with E-state index in [-0.39, 0.29) is 17.2 Å². The van der Waals surface area contributed by atoms with E-state index in [0.29, 0.717) is 5.69 Å². The van der Waals surface area contributed by atoms with Gasteiger partial charge < -0.3 is 10.2 Å². The molecule has 6 nitrogen and oxygen atoms in total. The third-order valence-electron chi connectivity index (χ3n) is 3.62. The van der Waals surface area contributed by atoms with Gasteiger partial charge in [0.25, 0.3) is 0 Å². The van der Waals surface area contributed by atoms with E-state index in [1.165, 1.54) is 0 Å². The van der Waals surface area contributed by atoms with Gasteiger partial charge in [0, 0.05) is 5.41 Å². The molecular formula is C13H21N3O3. The van der Waals surface area contributed by atoms with Gasteiger partial charge in [0.1, 0.15) is 0 Å². The van der Waals surface area contributed by atoms with Crippen LogP contribution in [0.1, 0.15) is 68.7 Å². The lowest BCUT2D eigenvalue weighted by Crippen LogP contribution is -2.32. The van der Waals surface area contributed by atoms with E-state index in [4.69, 9.17) is 0 Å². The molecule has 6 heteroatoms. The van der Waals surface area contributed by atoms with E-state index in [9.17, 15) is 15.0 Å². The molecule has 1 aliphatic carbocycles. The Morgan fingerprint density at radius 3 is 2.47 bits per heavy atom. The van der Waals surface area contributed by atoms with Gasteiger partial charge in [-0.1, -0.05) is 38.8 Å². The Bertz CT molecular complexity index is 476.